The molecule has 0 heterocycles. The molecule has 0 N–H and O–H groups in total. The van der Waals surface area contributed by atoms with E-state index in [0.717, 1.165) is 0 Å². The summed E-state index contributed by atoms with van der Waals surface area (Å²) in [4.78, 5) is 0. The van der Waals surface area contributed by atoms with Crippen molar-refractivity contribution in [2.45, 2.75) is 0 Å². The Morgan fingerprint density at radius 2 is 1.50 bits per heavy atom. The lowest BCUT2D eigenvalue weighted by Crippen LogP contribution is -2.26. The van der Waals surface area contributed by atoms with E-state index in [1.807, 2.05) is 21.1 Å². The zero-order chi connectivity index (χ0) is 5.21. The Labute approximate surface area is 39.2 Å². The molecule has 0 fully saturated rings. The van der Waals surface area contributed by atoms with Crippen LogP contribution in [0.3, 0.4) is 0 Å². The third kappa shape index (κ3) is 3.52. The first kappa shape index (κ1) is 5.52. The van der Waals surface area contributed by atoms with Gasteiger partial charge in [0.15, 0.2) is 0 Å². The maximum absolute atomic E-state index is 5.03. The molecule has 34 valence electrons. The molecule has 1 nitrogen and oxygen atoms in total. The van der Waals surface area contributed by atoms with E-state index in [-0.39, 0.29) is 0 Å². The van der Waals surface area contributed by atoms with Crippen molar-refractivity contribution in [3.05, 3.63) is 0 Å². The van der Waals surface area contributed by atoms with Gasteiger partial charge in [-0.2, -0.15) is 0 Å². The minimum Gasteiger partial charge on any atom is -0.254 e. The summed E-state index contributed by atoms with van der Waals surface area (Å²) in [7, 11) is 5.83. The Balaban J connectivity index is 3.55. The van der Waals surface area contributed by atoms with Crippen LogP contribution in [0.5, 0.6) is 0 Å². The van der Waals surface area contributed by atoms with Crippen molar-refractivity contribution < 1.29 is 4.48 Å². The molecule has 0 rings (SSSR count). The van der Waals surface area contributed by atoms with Crippen LogP contribution < -0.4 is 0 Å². The molecule has 0 aromatic heterocycles. The van der Waals surface area contributed by atoms with Crippen LogP contribution in [0.2, 0.25) is 0 Å². The normalized spacial score (nSPS) is 10.3. The second-order valence-corrected chi connectivity index (χ2v) is 2.14. The molecule has 1 heteroatoms. The quantitative estimate of drug-likeness (QED) is 0.292. The van der Waals surface area contributed by atoms with Crippen molar-refractivity contribution in [1.82, 2.24) is 0 Å². The largest absolute Gasteiger partial charge is 0.254 e. The lowest BCUT2D eigenvalue weighted by Gasteiger charge is -2.11. The first-order valence-electron chi connectivity index (χ1n) is 1.85. The number of hydrogen-bond donors (Lipinski definition) is 0. The zero-order valence-electron chi connectivity index (χ0n) is 4.52. The number of nitrogens with zero attached hydrogens (tertiary/aromatic N) is 1. The van der Waals surface area contributed by atoms with Crippen molar-refractivity contribution in [2.24, 2.45) is 0 Å². The van der Waals surface area contributed by atoms with Crippen LogP contribution >= 0.6 is 0 Å². The summed E-state index contributed by atoms with van der Waals surface area (Å²) in [6, 6.07) is 2.54. The van der Waals surface area contributed by atoms with E-state index in [2.05, 4.69) is 6.04 Å². The minimum absolute atomic E-state index is 0.597. The average Bonchev–Trinajstić information content (AvgIpc) is 1.35. The van der Waals surface area contributed by atoms with Crippen LogP contribution in [0, 0.1) is 12.5 Å². The predicted molar refractivity (Wildman–Crippen MR) is 26.9 cm³/mol. The molecule has 0 aliphatic rings. The monoisotopic (exact) mass is 84.1 g/mol. The van der Waals surface area contributed by atoms with E-state index in [4.69, 9.17) is 6.42 Å². The molecule has 0 radical (unpaired) electrons. The molecule has 0 bridgehead atoms. The van der Waals surface area contributed by atoms with Crippen molar-refractivity contribution in [1.29, 1.82) is 0 Å². The van der Waals surface area contributed by atoms with Crippen LogP contribution in [0.1, 0.15) is 0 Å². The number of terminal acetylenes is 1. The van der Waals surface area contributed by atoms with E-state index in [9.17, 15) is 0 Å². The van der Waals surface area contributed by atoms with E-state index in [1.165, 1.54) is 0 Å². The van der Waals surface area contributed by atoms with Gasteiger partial charge in [-0.05, 0) is 0 Å². The smallest absolute Gasteiger partial charge is 0.133 e. The summed E-state index contributed by atoms with van der Waals surface area (Å²) >= 11 is 0. The van der Waals surface area contributed by atoms with Gasteiger partial charge < -0.3 is 0 Å². The molecule has 0 saturated carbocycles. The Morgan fingerprint density at radius 3 is 1.50 bits per heavy atom. The van der Waals surface area contributed by atoms with Gasteiger partial charge in [0.05, 0.1) is 21.1 Å². The fraction of sp³-hybridized carbons (Fsp3) is 0.600. The Kier molecular flexibility index (Phi) is 1.21. The standard InChI is InChI=1S/C5H10N/c1-5-6(2,3)4/h1H,2-4H3/q+1. The minimum atomic E-state index is 0.597. The molecule has 0 aromatic rings. The summed E-state index contributed by atoms with van der Waals surface area (Å²) in [5.74, 6) is 0. The van der Waals surface area contributed by atoms with Crippen LogP contribution in [-0.2, 0) is 0 Å². The second-order valence-electron chi connectivity index (χ2n) is 2.14. The fourth-order valence-corrected chi connectivity index (χ4v) is 0. The number of rotatable bonds is 0. The van der Waals surface area contributed by atoms with Crippen molar-refractivity contribution in [2.75, 3.05) is 21.1 Å². The molecule has 0 aliphatic heterocycles. The van der Waals surface area contributed by atoms with Crippen LogP contribution in [0.25, 0.3) is 0 Å². The molecule has 0 amide bonds. The van der Waals surface area contributed by atoms with Gasteiger partial charge in [-0.25, -0.2) is 0 Å². The molecule has 0 saturated heterocycles. The van der Waals surface area contributed by atoms with Gasteiger partial charge in [-0.3, -0.25) is 4.48 Å². The molecular formula is C5H10N+. The predicted octanol–water partition coefficient (Wildman–Crippen LogP) is 0.283. The van der Waals surface area contributed by atoms with Gasteiger partial charge in [0.1, 0.15) is 6.04 Å². The highest BCUT2D eigenvalue weighted by atomic mass is 15.3. The Hall–Kier alpha value is -0.480. The third-order valence-corrected chi connectivity index (χ3v) is 0.387. The number of quaternary nitrogens is 1. The lowest BCUT2D eigenvalue weighted by atomic mass is 10.7. The van der Waals surface area contributed by atoms with Gasteiger partial charge in [0.2, 0.25) is 0 Å². The highest BCUT2D eigenvalue weighted by Crippen LogP contribution is 1.79. The molecule has 0 unspecified atom stereocenters. The van der Waals surface area contributed by atoms with Crippen LogP contribution in [-0.4, -0.2) is 25.6 Å². The molecule has 0 aliphatic carbocycles. The third-order valence-electron chi connectivity index (χ3n) is 0.387. The first-order chi connectivity index (χ1) is 2.56. The van der Waals surface area contributed by atoms with E-state index in [1.54, 1.807) is 0 Å². The van der Waals surface area contributed by atoms with Gasteiger partial charge in [-0.1, -0.05) is 6.42 Å². The van der Waals surface area contributed by atoms with Crippen LogP contribution in [0.15, 0.2) is 0 Å². The number of hydrogen-bond acceptors (Lipinski definition) is 0. The molecule has 6 heavy (non-hydrogen) atoms. The van der Waals surface area contributed by atoms with Crippen molar-refractivity contribution >= 4 is 0 Å². The highest BCUT2D eigenvalue weighted by molar-refractivity contribution is 4.67. The van der Waals surface area contributed by atoms with Crippen molar-refractivity contribution in [3.63, 3.8) is 0 Å². The van der Waals surface area contributed by atoms with Crippen molar-refractivity contribution in [3.8, 4) is 12.5 Å². The summed E-state index contributed by atoms with van der Waals surface area (Å²) in [5.41, 5.74) is 0. The summed E-state index contributed by atoms with van der Waals surface area (Å²) in [6.45, 7) is 0. The average molecular weight is 84.1 g/mol. The zero-order valence-corrected chi connectivity index (χ0v) is 4.52. The van der Waals surface area contributed by atoms with Gasteiger partial charge in [0, 0.05) is 0 Å². The topological polar surface area (TPSA) is 0 Å². The SMILES string of the molecule is C#C[N+](C)(C)C. The highest BCUT2D eigenvalue weighted by Gasteiger charge is 1.95. The van der Waals surface area contributed by atoms with E-state index < -0.39 is 0 Å². The summed E-state index contributed by atoms with van der Waals surface area (Å²) in [5, 5.41) is 0. The second kappa shape index (κ2) is 1.32. The summed E-state index contributed by atoms with van der Waals surface area (Å²) in [6.07, 6.45) is 5.03. The maximum atomic E-state index is 5.03. The molecular weight excluding hydrogens is 74.1 g/mol. The van der Waals surface area contributed by atoms with Gasteiger partial charge >= 0.3 is 0 Å². The molecule has 0 spiro atoms. The lowest BCUT2D eigenvalue weighted by molar-refractivity contribution is -0.800. The molecule has 0 aromatic carbocycles. The molecule has 0 atom stereocenters. The first-order valence-corrected chi connectivity index (χ1v) is 1.85. The maximum Gasteiger partial charge on any atom is 0.133 e. The summed E-state index contributed by atoms with van der Waals surface area (Å²) < 4.78 is 0.597. The van der Waals surface area contributed by atoms with E-state index >= 15 is 0 Å². The van der Waals surface area contributed by atoms with Gasteiger partial charge in [0.25, 0.3) is 0 Å². The Bertz CT molecular complexity index is 70.9. The van der Waals surface area contributed by atoms with E-state index in [0.29, 0.717) is 4.48 Å². The fourth-order valence-electron chi connectivity index (χ4n) is 0. The van der Waals surface area contributed by atoms with Crippen LogP contribution in [0.4, 0.5) is 0 Å². The van der Waals surface area contributed by atoms with Gasteiger partial charge in [-0.15, -0.1) is 0 Å². The Morgan fingerprint density at radius 1 is 1.33 bits per heavy atom.